The second-order valence-corrected chi connectivity index (χ2v) is 8.09. The van der Waals surface area contributed by atoms with Crippen LogP contribution in [0, 0.1) is 17.1 Å². The van der Waals surface area contributed by atoms with E-state index in [1.807, 2.05) is 30.3 Å². The largest absolute Gasteiger partial charge is 0.371 e. The van der Waals surface area contributed by atoms with Gasteiger partial charge in [-0.3, -0.25) is 10.4 Å². The smallest absolute Gasteiger partial charge is 0.188 e. The molecule has 30 heavy (non-hydrogen) atoms. The van der Waals surface area contributed by atoms with Gasteiger partial charge in [-0.1, -0.05) is 23.7 Å². The van der Waals surface area contributed by atoms with Crippen LogP contribution in [0.5, 0.6) is 0 Å². The Hall–Kier alpha value is -2.86. The summed E-state index contributed by atoms with van der Waals surface area (Å²) in [5, 5.41) is 15.9. The van der Waals surface area contributed by atoms with Crippen LogP contribution in [0.3, 0.4) is 0 Å². The van der Waals surface area contributed by atoms with Gasteiger partial charge in [0.15, 0.2) is 5.96 Å². The minimum Gasteiger partial charge on any atom is -0.371 e. The molecule has 7 heteroatoms. The summed E-state index contributed by atoms with van der Waals surface area (Å²) in [5.74, 6) is 0.604. The highest BCUT2D eigenvalue weighted by Gasteiger charge is 2.21. The average Bonchev–Trinajstić information content (AvgIpc) is 2.77. The summed E-state index contributed by atoms with van der Waals surface area (Å²) in [6.07, 6.45) is 3.84. The first-order chi connectivity index (χ1) is 14.6. The molecule has 1 aromatic heterocycles. The summed E-state index contributed by atoms with van der Waals surface area (Å²) in [6.45, 7) is 3.18. The number of hydrogen-bond acceptors (Lipinski definition) is 3. The Bertz CT molecular complexity index is 1020. The number of benzene rings is 2. The molecule has 0 radical (unpaired) electrons. The molecule has 2 heterocycles. The summed E-state index contributed by atoms with van der Waals surface area (Å²) in [5.41, 5.74) is 2.95. The van der Waals surface area contributed by atoms with Gasteiger partial charge in [-0.15, -0.1) is 0 Å². The first kappa shape index (κ1) is 20.4. The van der Waals surface area contributed by atoms with Crippen LogP contribution in [0.25, 0.3) is 10.9 Å². The Balaban J connectivity index is 1.25. The molecular formula is C23H25ClFN5. The molecule has 0 saturated carbocycles. The van der Waals surface area contributed by atoms with Gasteiger partial charge in [0, 0.05) is 48.5 Å². The highest BCUT2D eigenvalue weighted by atomic mass is 35.5. The number of nitrogens with one attached hydrogen (secondary N) is 3. The van der Waals surface area contributed by atoms with Crippen LogP contribution in [0.2, 0.25) is 5.02 Å². The lowest BCUT2D eigenvalue weighted by molar-refractivity contribution is 0.401. The topological polar surface area (TPSA) is 64.0 Å². The highest BCUT2D eigenvalue weighted by molar-refractivity contribution is 6.30. The summed E-state index contributed by atoms with van der Waals surface area (Å²) >= 11 is 5.90. The third-order valence-corrected chi connectivity index (χ3v) is 5.84. The zero-order valence-electron chi connectivity index (χ0n) is 16.7. The summed E-state index contributed by atoms with van der Waals surface area (Å²) in [7, 11) is 0. The SMILES string of the molecule is N=C(NCc1ccc(Cl)cc1)NCC1CCN(c2ccnc3ccc(F)cc23)CC1. The van der Waals surface area contributed by atoms with Crippen LogP contribution in [0.1, 0.15) is 18.4 Å². The van der Waals surface area contributed by atoms with Crippen molar-refractivity contribution in [1.82, 2.24) is 15.6 Å². The number of pyridine rings is 1. The van der Waals surface area contributed by atoms with Crippen molar-refractivity contribution in [2.24, 2.45) is 5.92 Å². The van der Waals surface area contributed by atoms with E-state index in [1.54, 1.807) is 18.3 Å². The minimum atomic E-state index is -0.236. The van der Waals surface area contributed by atoms with Crippen LogP contribution in [-0.4, -0.2) is 30.6 Å². The Kier molecular flexibility index (Phi) is 6.33. The van der Waals surface area contributed by atoms with Crippen molar-refractivity contribution in [3.05, 3.63) is 71.1 Å². The standard InChI is InChI=1S/C23H25ClFN5/c24-18-3-1-16(2-4-18)14-28-23(26)29-15-17-8-11-30(12-9-17)22-7-10-27-21-6-5-19(25)13-20(21)22/h1-7,10,13,17H,8-9,11-12,14-15H2,(H3,26,28,29). The van der Waals surface area contributed by atoms with E-state index in [0.29, 0.717) is 23.4 Å². The molecule has 156 valence electrons. The van der Waals surface area contributed by atoms with E-state index >= 15 is 0 Å². The third kappa shape index (κ3) is 5.00. The zero-order chi connectivity index (χ0) is 20.9. The van der Waals surface area contributed by atoms with Crippen molar-refractivity contribution in [3.8, 4) is 0 Å². The minimum absolute atomic E-state index is 0.236. The van der Waals surface area contributed by atoms with Gasteiger partial charge < -0.3 is 15.5 Å². The van der Waals surface area contributed by atoms with Crippen molar-refractivity contribution in [2.75, 3.05) is 24.5 Å². The number of halogens is 2. The highest BCUT2D eigenvalue weighted by Crippen LogP contribution is 2.29. The van der Waals surface area contributed by atoms with Crippen LogP contribution >= 0.6 is 11.6 Å². The van der Waals surface area contributed by atoms with Crippen molar-refractivity contribution < 1.29 is 4.39 Å². The molecule has 1 aliphatic rings. The van der Waals surface area contributed by atoms with E-state index in [-0.39, 0.29) is 5.82 Å². The zero-order valence-corrected chi connectivity index (χ0v) is 17.4. The van der Waals surface area contributed by atoms with E-state index in [2.05, 4.69) is 20.5 Å². The maximum Gasteiger partial charge on any atom is 0.188 e. The molecule has 3 N–H and O–H groups in total. The summed E-state index contributed by atoms with van der Waals surface area (Å²) in [6, 6.07) is 14.3. The van der Waals surface area contributed by atoms with Crippen molar-refractivity contribution >= 4 is 34.2 Å². The van der Waals surface area contributed by atoms with E-state index < -0.39 is 0 Å². The van der Waals surface area contributed by atoms with Crippen LogP contribution in [-0.2, 0) is 6.54 Å². The fraction of sp³-hybridized carbons (Fsp3) is 0.304. The predicted octanol–water partition coefficient (Wildman–Crippen LogP) is 4.56. The van der Waals surface area contributed by atoms with Crippen LogP contribution in [0.15, 0.2) is 54.7 Å². The van der Waals surface area contributed by atoms with Crippen LogP contribution < -0.4 is 15.5 Å². The van der Waals surface area contributed by atoms with Gasteiger partial charge in [-0.2, -0.15) is 0 Å². The van der Waals surface area contributed by atoms with E-state index in [4.69, 9.17) is 17.0 Å². The van der Waals surface area contributed by atoms with Crippen molar-refractivity contribution in [3.63, 3.8) is 0 Å². The van der Waals surface area contributed by atoms with Gasteiger partial charge in [-0.05, 0) is 60.7 Å². The molecule has 1 aliphatic heterocycles. The number of fused-ring (bicyclic) bond motifs is 1. The summed E-state index contributed by atoms with van der Waals surface area (Å²) in [4.78, 5) is 6.65. The molecule has 0 spiro atoms. The van der Waals surface area contributed by atoms with Gasteiger partial charge in [0.05, 0.1) is 5.52 Å². The monoisotopic (exact) mass is 425 g/mol. The second kappa shape index (κ2) is 9.30. The number of guanidine groups is 1. The second-order valence-electron chi connectivity index (χ2n) is 7.66. The molecule has 0 aliphatic carbocycles. The van der Waals surface area contributed by atoms with Crippen molar-refractivity contribution in [1.29, 1.82) is 5.41 Å². The fourth-order valence-electron chi connectivity index (χ4n) is 3.86. The Morgan fingerprint density at radius 2 is 1.87 bits per heavy atom. The number of aromatic nitrogens is 1. The number of nitrogens with zero attached hydrogens (tertiary/aromatic N) is 2. The summed E-state index contributed by atoms with van der Waals surface area (Å²) < 4.78 is 13.7. The molecule has 5 nitrogen and oxygen atoms in total. The molecule has 0 atom stereocenters. The average molecular weight is 426 g/mol. The lowest BCUT2D eigenvalue weighted by Crippen LogP contribution is -2.42. The first-order valence-corrected chi connectivity index (χ1v) is 10.6. The molecule has 1 fully saturated rings. The third-order valence-electron chi connectivity index (χ3n) is 5.59. The number of rotatable bonds is 5. The van der Waals surface area contributed by atoms with E-state index in [9.17, 15) is 4.39 Å². The molecule has 4 rings (SSSR count). The predicted molar refractivity (Wildman–Crippen MR) is 121 cm³/mol. The van der Waals surface area contributed by atoms with Crippen molar-refractivity contribution in [2.45, 2.75) is 19.4 Å². The lowest BCUT2D eigenvalue weighted by Gasteiger charge is -2.34. The van der Waals surface area contributed by atoms with Gasteiger partial charge in [0.1, 0.15) is 5.82 Å². The maximum absolute atomic E-state index is 13.7. The normalized spacial score (nSPS) is 14.7. The van der Waals surface area contributed by atoms with E-state index in [1.165, 1.54) is 6.07 Å². The Morgan fingerprint density at radius 3 is 2.63 bits per heavy atom. The van der Waals surface area contributed by atoms with Crippen LogP contribution in [0.4, 0.5) is 10.1 Å². The fourth-order valence-corrected chi connectivity index (χ4v) is 3.99. The molecular weight excluding hydrogens is 401 g/mol. The number of piperidine rings is 1. The van der Waals surface area contributed by atoms with E-state index in [0.717, 1.165) is 54.6 Å². The van der Waals surface area contributed by atoms with Gasteiger partial charge in [0.25, 0.3) is 0 Å². The maximum atomic E-state index is 13.7. The van der Waals surface area contributed by atoms with Gasteiger partial charge in [0.2, 0.25) is 0 Å². The first-order valence-electron chi connectivity index (χ1n) is 10.2. The molecule has 3 aromatic rings. The lowest BCUT2D eigenvalue weighted by atomic mass is 9.96. The molecule has 1 saturated heterocycles. The molecule has 2 aromatic carbocycles. The Morgan fingerprint density at radius 1 is 1.10 bits per heavy atom. The Labute approximate surface area is 180 Å². The number of hydrogen-bond donors (Lipinski definition) is 3. The van der Waals surface area contributed by atoms with Gasteiger partial charge >= 0.3 is 0 Å². The molecule has 0 amide bonds. The molecule has 0 bridgehead atoms. The number of anilines is 1. The van der Waals surface area contributed by atoms with Gasteiger partial charge in [-0.25, -0.2) is 4.39 Å². The quantitative estimate of drug-likeness (QED) is 0.414. The molecule has 0 unspecified atom stereocenters.